The molecule has 2 rings (SSSR count). The number of amides is 2. The highest BCUT2D eigenvalue weighted by Gasteiger charge is 2.50. The number of benzene rings is 1. The molecule has 8 nitrogen and oxygen atoms in total. The molecular weight excluding hydrogens is 340 g/mol. The Morgan fingerprint density at radius 3 is 2.19 bits per heavy atom. The number of nitrogens with one attached hydrogen (secondary N) is 1. The Morgan fingerprint density at radius 1 is 1.15 bits per heavy atom. The zero-order valence-corrected chi connectivity index (χ0v) is 15.1. The first-order valence-corrected chi connectivity index (χ1v) is 8.36. The third-order valence-electron chi connectivity index (χ3n) is 3.95. The molecule has 1 heterocycles. The number of carbonyl (C=O) groups is 3. The van der Waals surface area contributed by atoms with Gasteiger partial charge in [-0.2, -0.15) is 0 Å². The third kappa shape index (κ3) is 4.32. The van der Waals surface area contributed by atoms with Crippen LogP contribution in [-0.4, -0.2) is 52.5 Å². The Morgan fingerprint density at radius 2 is 1.73 bits per heavy atom. The van der Waals surface area contributed by atoms with E-state index in [4.69, 9.17) is 4.74 Å². The normalized spacial score (nSPS) is 15.5. The highest BCUT2D eigenvalue weighted by atomic mass is 16.6. The first-order chi connectivity index (χ1) is 12.0. The van der Waals surface area contributed by atoms with Crippen LogP contribution < -0.4 is 10.2 Å². The Labute approximate surface area is 151 Å². The topological polar surface area (TPSA) is 116 Å². The van der Waals surface area contributed by atoms with E-state index < -0.39 is 23.1 Å². The molecule has 1 fully saturated rings. The van der Waals surface area contributed by atoms with Crippen molar-refractivity contribution < 1.29 is 29.3 Å². The number of nitrogens with zero attached hydrogens (tertiary/aromatic N) is 1. The van der Waals surface area contributed by atoms with Gasteiger partial charge in [0.15, 0.2) is 0 Å². The van der Waals surface area contributed by atoms with Crippen LogP contribution >= 0.6 is 0 Å². The summed E-state index contributed by atoms with van der Waals surface area (Å²) in [6.45, 7) is 6.03. The van der Waals surface area contributed by atoms with Crippen molar-refractivity contribution in [1.29, 1.82) is 0 Å². The lowest BCUT2D eigenvalue weighted by Gasteiger charge is -2.33. The van der Waals surface area contributed by atoms with Gasteiger partial charge >= 0.3 is 18.0 Å². The van der Waals surface area contributed by atoms with Crippen LogP contribution in [0.4, 0.5) is 10.5 Å². The highest BCUT2D eigenvalue weighted by molar-refractivity contribution is 6.02. The molecule has 0 unspecified atom stereocenters. The molecule has 1 aromatic carbocycles. The molecule has 0 spiro atoms. The average Bonchev–Trinajstić information content (AvgIpc) is 2.54. The van der Waals surface area contributed by atoms with Gasteiger partial charge < -0.3 is 20.3 Å². The van der Waals surface area contributed by atoms with Gasteiger partial charge in [-0.1, -0.05) is 12.1 Å². The van der Waals surface area contributed by atoms with Gasteiger partial charge in [-0.3, -0.25) is 4.90 Å². The molecule has 1 aliphatic rings. The van der Waals surface area contributed by atoms with Gasteiger partial charge in [0.05, 0.1) is 5.60 Å². The summed E-state index contributed by atoms with van der Waals surface area (Å²) in [5.41, 5.74) is -2.19. The van der Waals surface area contributed by atoms with Crippen molar-refractivity contribution >= 4 is 23.7 Å². The zero-order valence-electron chi connectivity index (χ0n) is 15.1. The fourth-order valence-electron chi connectivity index (χ4n) is 2.85. The summed E-state index contributed by atoms with van der Waals surface area (Å²) in [7, 11) is 0. The molecule has 2 amide bonds. The van der Waals surface area contributed by atoms with Crippen molar-refractivity contribution in [3.63, 3.8) is 0 Å². The van der Waals surface area contributed by atoms with E-state index >= 15 is 0 Å². The van der Waals surface area contributed by atoms with Gasteiger partial charge in [0, 0.05) is 25.2 Å². The molecule has 1 aliphatic heterocycles. The molecule has 0 bridgehead atoms. The van der Waals surface area contributed by atoms with E-state index in [2.05, 4.69) is 5.32 Å². The molecule has 26 heavy (non-hydrogen) atoms. The van der Waals surface area contributed by atoms with Gasteiger partial charge in [0.25, 0.3) is 5.60 Å². The van der Waals surface area contributed by atoms with E-state index in [9.17, 15) is 24.6 Å². The van der Waals surface area contributed by atoms with Gasteiger partial charge in [0.1, 0.15) is 0 Å². The molecule has 3 N–H and O–H groups in total. The second-order valence-electron chi connectivity index (χ2n) is 7.23. The fourth-order valence-corrected chi connectivity index (χ4v) is 2.85. The van der Waals surface area contributed by atoms with Crippen LogP contribution in [-0.2, 0) is 20.7 Å². The van der Waals surface area contributed by atoms with Crippen molar-refractivity contribution in [1.82, 2.24) is 5.32 Å². The summed E-state index contributed by atoms with van der Waals surface area (Å²) in [5.74, 6) is -3.11. The van der Waals surface area contributed by atoms with E-state index in [1.54, 1.807) is 49.9 Å². The maximum Gasteiger partial charge on any atom is 0.348 e. The Hall–Kier alpha value is -2.61. The van der Waals surface area contributed by atoms with E-state index in [0.29, 0.717) is 24.3 Å². The summed E-state index contributed by atoms with van der Waals surface area (Å²) in [6, 6.07) is 6.39. The van der Waals surface area contributed by atoms with E-state index in [-0.39, 0.29) is 12.5 Å². The molecule has 0 radical (unpaired) electrons. The van der Waals surface area contributed by atoms with Crippen LogP contribution in [0.2, 0.25) is 0 Å². The SMILES string of the molecule is CC(C)(C)OC(Cc1ccc(N2CCCNC2=O)cc1)(C(=O)O)C(=O)O. The maximum absolute atomic E-state index is 11.9. The summed E-state index contributed by atoms with van der Waals surface area (Å²) >= 11 is 0. The molecule has 0 aromatic heterocycles. The van der Waals surface area contributed by atoms with Gasteiger partial charge in [-0.15, -0.1) is 0 Å². The monoisotopic (exact) mass is 364 g/mol. The highest BCUT2D eigenvalue weighted by Crippen LogP contribution is 2.27. The summed E-state index contributed by atoms with van der Waals surface area (Å²) in [6.07, 6.45) is 0.496. The zero-order chi connectivity index (χ0) is 19.5. The third-order valence-corrected chi connectivity index (χ3v) is 3.95. The molecule has 1 aromatic rings. The molecule has 1 saturated heterocycles. The molecule has 8 heteroatoms. The standard InChI is InChI=1S/C18H24N2O6/c1-17(2,3)26-18(14(21)22,15(23)24)11-12-5-7-13(8-6-12)20-10-4-9-19-16(20)25/h5-8H,4,9-11H2,1-3H3,(H,19,25)(H,21,22)(H,23,24). The average molecular weight is 364 g/mol. The number of aliphatic carboxylic acids is 2. The first-order valence-electron chi connectivity index (χ1n) is 8.36. The van der Waals surface area contributed by atoms with Crippen LogP contribution in [0.3, 0.4) is 0 Å². The maximum atomic E-state index is 11.9. The van der Waals surface area contributed by atoms with Gasteiger partial charge in [-0.05, 0) is 44.9 Å². The quantitative estimate of drug-likeness (QED) is 0.664. The van der Waals surface area contributed by atoms with Crippen molar-refractivity contribution in [3.8, 4) is 0 Å². The lowest BCUT2D eigenvalue weighted by atomic mass is 9.93. The van der Waals surface area contributed by atoms with Crippen molar-refractivity contribution in [2.75, 3.05) is 18.0 Å². The smallest absolute Gasteiger partial charge is 0.348 e. The number of urea groups is 1. The van der Waals surface area contributed by atoms with Crippen LogP contribution in [0.25, 0.3) is 0 Å². The van der Waals surface area contributed by atoms with Crippen molar-refractivity contribution in [3.05, 3.63) is 29.8 Å². The Bertz CT molecular complexity index is 679. The number of ether oxygens (including phenoxy) is 1. The van der Waals surface area contributed by atoms with E-state index in [1.165, 1.54) is 0 Å². The predicted octanol–water partition coefficient (Wildman–Crippen LogP) is 1.87. The van der Waals surface area contributed by atoms with E-state index in [0.717, 1.165) is 6.42 Å². The summed E-state index contributed by atoms with van der Waals surface area (Å²) in [4.78, 5) is 36.9. The lowest BCUT2D eigenvalue weighted by molar-refractivity contribution is -0.199. The second-order valence-corrected chi connectivity index (χ2v) is 7.23. The fraction of sp³-hybridized carbons (Fsp3) is 0.500. The number of carboxylic acid groups (broad SMARTS) is 2. The lowest BCUT2D eigenvalue weighted by Crippen LogP contribution is -2.54. The molecule has 0 aliphatic carbocycles. The number of rotatable bonds is 6. The number of hydrogen-bond donors (Lipinski definition) is 3. The van der Waals surface area contributed by atoms with Gasteiger partial charge in [0.2, 0.25) is 0 Å². The van der Waals surface area contributed by atoms with Crippen LogP contribution in [0.15, 0.2) is 24.3 Å². The first kappa shape index (κ1) is 19.7. The molecule has 0 saturated carbocycles. The minimum Gasteiger partial charge on any atom is -0.479 e. The van der Waals surface area contributed by atoms with E-state index in [1.807, 2.05) is 0 Å². The molecule has 142 valence electrons. The van der Waals surface area contributed by atoms with Crippen LogP contribution in [0.1, 0.15) is 32.8 Å². The summed E-state index contributed by atoms with van der Waals surface area (Å²) < 4.78 is 5.44. The van der Waals surface area contributed by atoms with Crippen molar-refractivity contribution in [2.45, 2.75) is 44.8 Å². The second kappa shape index (κ2) is 7.33. The van der Waals surface area contributed by atoms with Gasteiger partial charge in [-0.25, -0.2) is 14.4 Å². The Balaban J connectivity index is 2.27. The summed E-state index contributed by atoms with van der Waals surface area (Å²) in [5, 5.41) is 21.8. The number of anilines is 1. The van der Waals surface area contributed by atoms with Crippen molar-refractivity contribution in [2.24, 2.45) is 0 Å². The number of hydrogen-bond acceptors (Lipinski definition) is 4. The minimum absolute atomic E-state index is 0.189. The largest absolute Gasteiger partial charge is 0.479 e. The number of carboxylic acids is 2. The number of carbonyl (C=O) groups excluding carboxylic acids is 1. The predicted molar refractivity (Wildman–Crippen MR) is 94.3 cm³/mol. The Kier molecular flexibility index (Phi) is 5.56. The van der Waals surface area contributed by atoms with Crippen LogP contribution in [0, 0.1) is 0 Å². The molecular formula is C18H24N2O6. The van der Waals surface area contributed by atoms with Crippen LogP contribution in [0.5, 0.6) is 0 Å². The minimum atomic E-state index is -2.39. The molecule has 0 atom stereocenters.